The molecule has 0 N–H and O–H groups in total. The molecule has 4 heteroatoms. The van der Waals surface area contributed by atoms with E-state index in [0.717, 1.165) is 25.9 Å². The minimum absolute atomic E-state index is 0.0786. The molecule has 4 nitrogen and oxygen atoms in total. The summed E-state index contributed by atoms with van der Waals surface area (Å²) in [5.74, 6) is 0.0786. The summed E-state index contributed by atoms with van der Waals surface area (Å²) in [7, 11) is 2.16. The quantitative estimate of drug-likeness (QED) is 0.836. The molecule has 0 spiro atoms. The number of hydrogen-bond donors (Lipinski definition) is 0. The summed E-state index contributed by atoms with van der Waals surface area (Å²) in [6.07, 6.45) is 4.59. The lowest BCUT2D eigenvalue weighted by Gasteiger charge is -2.33. The third kappa shape index (κ3) is 2.66. The Morgan fingerprint density at radius 2 is 2.00 bits per heavy atom. The maximum absolute atomic E-state index is 12.8. The molecule has 0 bridgehead atoms. The lowest BCUT2D eigenvalue weighted by atomic mass is 10.0. The lowest BCUT2D eigenvalue weighted by molar-refractivity contribution is 0.0664. The zero-order chi connectivity index (χ0) is 14.8. The SMILES string of the molecule is CN1CCC[C@@H]1[C@@H]1CCCN1C(=O)c1cccc(C#N)c1. The fourth-order valence-corrected chi connectivity index (χ4v) is 3.75. The fourth-order valence-electron chi connectivity index (χ4n) is 3.75. The average Bonchev–Trinajstić information content (AvgIpc) is 3.14. The van der Waals surface area contributed by atoms with Crippen molar-refractivity contribution < 1.29 is 4.79 Å². The van der Waals surface area contributed by atoms with Crippen LogP contribution in [0.15, 0.2) is 24.3 Å². The molecule has 2 heterocycles. The van der Waals surface area contributed by atoms with Crippen LogP contribution in [0.3, 0.4) is 0 Å². The number of likely N-dealkylation sites (tertiary alicyclic amines) is 2. The summed E-state index contributed by atoms with van der Waals surface area (Å²) in [5, 5.41) is 8.99. The highest BCUT2D eigenvalue weighted by atomic mass is 16.2. The van der Waals surface area contributed by atoms with E-state index < -0.39 is 0 Å². The molecule has 0 saturated carbocycles. The van der Waals surface area contributed by atoms with Gasteiger partial charge in [0.15, 0.2) is 0 Å². The Bertz CT molecular complexity index is 578. The third-order valence-corrected chi connectivity index (χ3v) is 4.82. The number of carbonyl (C=O) groups excluding carboxylic acids is 1. The van der Waals surface area contributed by atoms with Crippen molar-refractivity contribution in [2.45, 2.75) is 37.8 Å². The number of likely N-dealkylation sites (N-methyl/N-ethyl adjacent to an activating group) is 1. The summed E-state index contributed by atoms with van der Waals surface area (Å²) < 4.78 is 0. The Kier molecular flexibility index (Phi) is 3.94. The molecule has 1 aromatic rings. The van der Waals surface area contributed by atoms with Gasteiger partial charge in [0, 0.05) is 24.2 Å². The van der Waals surface area contributed by atoms with Gasteiger partial charge in [0.25, 0.3) is 5.91 Å². The molecule has 1 aromatic carbocycles. The molecule has 0 aliphatic carbocycles. The molecule has 110 valence electrons. The monoisotopic (exact) mass is 283 g/mol. The van der Waals surface area contributed by atoms with Crippen molar-refractivity contribution in [2.75, 3.05) is 20.1 Å². The van der Waals surface area contributed by atoms with Crippen molar-refractivity contribution in [1.82, 2.24) is 9.80 Å². The van der Waals surface area contributed by atoms with E-state index >= 15 is 0 Å². The van der Waals surface area contributed by atoms with Crippen molar-refractivity contribution in [3.8, 4) is 6.07 Å². The highest BCUT2D eigenvalue weighted by Gasteiger charge is 2.38. The summed E-state index contributed by atoms with van der Waals surface area (Å²) in [6.45, 7) is 1.97. The van der Waals surface area contributed by atoms with Crippen LogP contribution in [0.25, 0.3) is 0 Å². The number of nitriles is 1. The van der Waals surface area contributed by atoms with Gasteiger partial charge in [-0.15, -0.1) is 0 Å². The van der Waals surface area contributed by atoms with Gasteiger partial charge in [0.05, 0.1) is 11.6 Å². The van der Waals surface area contributed by atoms with E-state index in [9.17, 15) is 4.79 Å². The molecular weight excluding hydrogens is 262 g/mol. The first-order chi connectivity index (χ1) is 10.2. The molecule has 2 aliphatic rings. The number of hydrogen-bond acceptors (Lipinski definition) is 3. The van der Waals surface area contributed by atoms with Crippen molar-refractivity contribution >= 4 is 5.91 Å². The lowest BCUT2D eigenvalue weighted by Crippen LogP contribution is -2.47. The third-order valence-electron chi connectivity index (χ3n) is 4.82. The molecular formula is C17H21N3O. The molecule has 2 saturated heterocycles. The van der Waals surface area contributed by atoms with Gasteiger partial charge in [-0.05, 0) is 57.5 Å². The Morgan fingerprint density at radius 1 is 1.24 bits per heavy atom. The number of carbonyl (C=O) groups is 1. The van der Waals surface area contributed by atoms with E-state index in [1.54, 1.807) is 18.2 Å². The van der Waals surface area contributed by atoms with E-state index in [2.05, 4.69) is 18.0 Å². The smallest absolute Gasteiger partial charge is 0.254 e. The normalized spacial score (nSPS) is 26.0. The highest BCUT2D eigenvalue weighted by molar-refractivity contribution is 5.95. The highest BCUT2D eigenvalue weighted by Crippen LogP contribution is 2.30. The van der Waals surface area contributed by atoms with Crippen LogP contribution in [0, 0.1) is 11.3 Å². The van der Waals surface area contributed by atoms with E-state index in [-0.39, 0.29) is 5.91 Å². The van der Waals surface area contributed by atoms with Gasteiger partial charge >= 0.3 is 0 Å². The average molecular weight is 283 g/mol. The van der Waals surface area contributed by atoms with E-state index in [0.29, 0.717) is 23.2 Å². The van der Waals surface area contributed by atoms with Crippen LogP contribution < -0.4 is 0 Å². The summed E-state index contributed by atoms with van der Waals surface area (Å²) >= 11 is 0. The summed E-state index contributed by atoms with van der Waals surface area (Å²) in [5.41, 5.74) is 1.19. The minimum atomic E-state index is 0.0786. The zero-order valence-corrected chi connectivity index (χ0v) is 12.5. The Labute approximate surface area is 126 Å². The standard InChI is InChI=1S/C17H21N3O/c1-19-9-3-7-15(19)16-8-4-10-20(16)17(21)14-6-2-5-13(11-14)12-18/h2,5-6,11,15-16H,3-4,7-10H2,1H3/t15-,16+/m1/s1. The zero-order valence-electron chi connectivity index (χ0n) is 12.5. The number of benzene rings is 1. The minimum Gasteiger partial charge on any atom is -0.334 e. The Hall–Kier alpha value is -1.86. The maximum atomic E-state index is 12.8. The molecule has 3 rings (SSSR count). The predicted octanol–water partition coefficient (Wildman–Crippen LogP) is 2.26. The molecule has 0 radical (unpaired) electrons. The Morgan fingerprint density at radius 3 is 2.71 bits per heavy atom. The molecule has 0 aromatic heterocycles. The summed E-state index contributed by atoms with van der Waals surface area (Å²) in [4.78, 5) is 17.2. The van der Waals surface area contributed by atoms with Gasteiger partial charge < -0.3 is 9.80 Å². The molecule has 2 fully saturated rings. The second-order valence-electron chi connectivity index (χ2n) is 6.09. The Balaban J connectivity index is 1.81. The molecule has 1 amide bonds. The largest absolute Gasteiger partial charge is 0.334 e. The van der Waals surface area contributed by atoms with Crippen molar-refractivity contribution in [2.24, 2.45) is 0 Å². The van der Waals surface area contributed by atoms with E-state index in [4.69, 9.17) is 5.26 Å². The van der Waals surface area contributed by atoms with Gasteiger partial charge in [0.1, 0.15) is 0 Å². The van der Waals surface area contributed by atoms with Crippen LogP contribution in [0.2, 0.25) is 0 Å². The number of nitrogens with zero attached hydrogens (tertiary/aromatic N) is 3. The van der Waals surface area contributed by atoms with Crippen LogP contribution in [0.4, 0.5) is 0 Å². The van der Waals surface area contributed by atoms with Crippen molar-refractivity contribution in [3.05, 3.63) is 35.4 Å². The predicted molar refractivity (Wildman–Crippen MR) is 80.9 cm³/mol. The van der Waals surface area contributed by atoms with Gasteiger partial charge in [-0.3, -0.25) is 4.79 Å². The summed E-state index contributed by atoms with van der Waals surface area (Å²) in [6, 6.07) is 9.98. The van der Waals surface area contributed by atoms with Crippen LogP contribution in [-0.2, 0) is 0 Å². The molecule has 21 heavy (non-hydrogen) atoms. The van der Waals surface area contributed by atoms with Crippen molar-refractivity contribution in [1.29, 1.82) is 5.26 Å². The first kappa shape index (κ1) is 14.1. The maximum Gasteiger partial charge on any atom is 0.254 e. The van der Waals surface area contributed by atoms with E-state index in [1.165, 1.54) is 12.8 Å². The second-order valence-corrected chi connectivity index (χ2v) is 6.09. The fraction of sp³-hybridized carbons (Fsp3) is 0.529. The van der Waals surface area contributed by atoms with Crippen LogP contribution >= 0.6 is 0 Å². The molecule has 0 unspecified atom stereocenters. The van der Waals surface area contributed by atoms with E-state index in [1.807, 2.05) is 11.0 Å². The number of rotatable bonds is 2. The van der Waals surface area contributed by atoms with Crippen LogP contribution in [0.5, 0.6) is 0 Å². The van der Waals surface area contributed by atoms with Crippen LogP contribution in [-0.4, -0.2) is 47.9 Å². The molecule has 2 aliphatic heterocycles. The number of amides is 1. The van der Waals surface area contributed by atoms with Crippen molar-refractivity contribution in [3.63, 3.8) is 0 Å². The first-order valence-electron chi connectivity index (χ1n) is 7.72. The van der Waals surface area contributed by atoms with Gasteiger partial charge in [-0.25, -0.2) is 0 Å². The first-order valence-corrected chi connectivity index (χ1v) is 7.72. The molecule has 2 atom stereocenters. The van der Waals surface area contributed by atoms with Gasteiger partial charge in [-0.1, -0.05) is 6.07 Å². The van der Waals surface area contributed by atoms with Gasteiger partial charge in [-0.2, -0.15) is 5.26 Å². The van der Waals surface area contributed by atoms with Gasteiger partial charge in [0.2, 0.25) is 0 Å². The van der Waals surface area contributed by atoms with Crippen LogP contribution in [0.1, 0.15) is 41.6 Å². The topological polar surface area (TPSA) is 47.3 Å². The second kappa shape index (κ2) is 5.87.